The highest BCUT2D eigenvalue weighted by Crippen LogP contribution is 2.17. The van der Waals surface area contributed by atoms with Gasteiger partial charge in [-0.3, -0.25) is 0 Å². The standard InChI is InChI=1S/C11H21NO3.C10H19NO3.C6H13NO/c1-11(2,3)15-10(13)12-7-5-9(14-4)6-8-12;1-10(2,3)14-9(13)11-6-4-8(12)5-7-11;1-8-6-2-4-7-5-3-6/h9H,5-8H2,1-4H3;8,12H,4-7H2,1-3H3;6-7H,2-5H2,1H3. The summed E-state index contributed by atoms with van der Waals surface area (Å²) in [7, 11) is 3.50. The third kappa shape index (κ3) is 15.4. The molecule has 3 saturated heterocycles. The molecule has 37 heavy (non-hydrogen) atoms. The van der Waals surface area contributed by atoms with Gasteiger partial charge in [-0.25, -0.2) is 9.59 Å². The summed E-state index contributed by atoms with van der Waals surface area (Å²) in [6.45, 7) is 16.1. The summed E-state index contributed by atoms with van der Waals surface area (Å²) < 4.78 is 20.9. The molecule has 10 nitrogen and oxygen atoms in total. The number of methoxy groups -OCH3 is 2. The van der Waals surface area contributed by atoms with Gasteiger partial charge in [0.2, 0.25) is 0 Å². The van der Waals surface area contributed by atoms with Crippen LogP contribution in [0.25, 0.3) is 0 Å². The first kappa shape index (κ1) is 33.4. The van der Waals surface area contributed by atoms with Crippen molar-refractivity contribution >= 4 is 12.2 Å². The molecule has 0 atom stereocenters. The number of piperidine rings is 3. The second-order valence-electron chi connectivity index (χ2n) is 11.8. The maximum atomic E-state index is 11.7. The van der Waals surface area contributed by atoms with Crippen LogP contribution in [0.15, 0.2) is 0 Å². The van der Waals surface area contributed by atoms with Gasteiger partial charge in [-0.2, -0.15) is 0 Å². The van der Waals surface area contributed by atoms with Crippen LogP contribution in [-0.2, 0) is 18.9 Å². The molecule has 2 amide bonds. The maximum Gasteiger partial charge on any atom is 0.410 e. The van der Waals surface area contributed by atoms with Crippen molar-refractivity contribution in [2.45, 2.75) is 110 Å². The molecular formula is C27H53N3O7. The second-order valence-corrected chi connectivity index (χ2v) is 11.8. The third-order valence-electron chi connectivity index (χ3n) is 6.16. The summed E-state index contributed by atoms with van der Waals surface area (Å²) in [5.74, 6) is 0. The van der Waals surface area contributed by atoms with Crippen molar-refractivity contribution < 1.29 is 33.6 Å². The Bertz CT molecular complexity index is 641. The first-order valence-electron chi connectivity index (χ1n) is 13.6. The minimum atomic E-state index is -0.437. The van der Waals surface area contributed by atoms with Gasteiger partial charge in [0.05, 0.1) is 18.3 Å². The van der Waals surface area contributed by atoms with Crippen LogP contribution in [0.5, 0.6) is 0 Å². The first-order chi connectivity index (χ1) is 17.2. The van der Waals surface area contributed by atoms with Gasteiger partial charge in [0.15, 0.2) is 0 Å². The Morgan fingerprint density at radius 2 is 1.03 bits per heavy atom. The minimum absolute atomic E-state index is 0.211. The molecule has 218 valence electrons. The number of likely N-dealkylation sites (tertiary alicyclic amines) is 2. The van der Waals surface area contributed by atoms with Gasteiger partial charge in [-0.1, -0.05) is 0 Å². The zero-order valence-corrected chi connectivity index (χ0v) is 24.5. The summed E-state index contributed by atoms with van der Waals surface area (Å²) in [4.78, 5) is 26.6. The van der Waals surface area contributed by atoms with Crippen molar-refractivity contribution in [2.24, 2.45) is 0 Å². The molecule has 3 rings (SSSR count). The van der Waals surface area contributed by atoms with Crippen LogP contribution >= 0.6 is 0 Å². The second kappa shape index (κ2) is 16.4. The van der Waals surface area contributed by atoms with E-state index in [1.165, 1.54) is 12.8 Å². The number of amides is 2. The lowest BCUT2D eigenvalue weighted by Gasteiger charge is -2.32. The fourth-order valence-corrected chi connectivity index (χ4v) is 4.01. The van der Waals surface area contributed by atoms with E-state index in [0.717, 1.165) is 39.0 Å². The van der Waals surface area contributed by atoms with Crippen LogP contribution in [-0.4, -0.2) is 110 Å². The van der Waals surface area contributed by atoms with E-state index in [9.17, 15) is 14.7 Å². The quantitative estimate of drug-likeness (QED) is 0.554. The summed E-state index contributed by atoms with van der Waals surface area (Å²) in [6.07, 6.45) is 5.53. The molecule has 0 saturated carbocycles. The van der Waals surface area contributed by atoms with Gasteiger partial charge in [0.25, 0.3) is 0 Å². The number of nitrogens with zero attached hydrogens (tertiary/aromatic N) is 2. The molecule has 10 heteroatoms. The van der Waals surface area contributed by atoms with E-state index in [-0.39, 0.29) is 18.3 Å². The van der Waals surface area contributed by atoms with Gasteiger partial charge in [0.1, 0.15) is 11.2 Å². The fourth-order valence-electron chi connectivity index (χ4n) is 4.01. The molecule has 0 unspecified atom stereocenters. The Balaban J connectivity index is 0.000000290. The molecule has 0 aromatic carbocycles. The molecule has 0 aliphatic carbocycles. The van der Waals surface area contributed by atoms with Crippen LogP contribution in [0.1, 0.15) is 80.1 Å². The molecule has 0 aromatic heterocycles. The number of nitrogens with one attached hydrogen (secondary N) is 1. The van der Waals surface area contributed by atoms with Crippen molar-refractivity contribution in [3.8, 4) is 0 Å². The van der Waals surface area contributed by atoms with E-state index >= 15 is 0 Å². The molecule has 3 aliphatic heterocycles. The fraction of sp³-hybridized carbons (Fsp3) is 0.926. The topological polar surface area (TPSA) is 110 Å². The van der Waals surface area contributed by atoms with Gasteiger partial charge >= 0.3 is 12.2 Å². The average molecular weight is 532 g/mol. The molecule has 3 fully saturated rings. The van der Waals surface area contributed by atoms with Crippen molar-refractivity contribution in [3.63, 3.8) is 0 Å². The minimum Gasteiger partial charge on any atom is -0.444 e. The monoisotopic (exact) mass is 531 g/mol. The summed E-state index contributed by atoms with van der Waals surface area (Å²) >= 11 is 0. The van der Waals surface area contributed by atoms with Crippen LogP contribution in [0.3, 0.4) is 0 Å². The Labute approximate surface area is 224 Å². The molecule has 2 N–H and O–H groups in total. The lowest BCUT2D eigenvalue weighted by atomic mass is 10.1. The molecule has 0 aromatic rings. The predicted molar refractivity (Wildman–Crippen MR) is 144 cm³/mol. The maximum absolute atomic E-state index is 11.7. The molecular weight excluding hydrogens is 478 g/mol. The third-order valence-corrected chi connectivity index (χ3v) is 6.16. The summed E-state index contributed by atoms with van der Waals surface area (Å²) in [5.41, 5.74) is -0.845. The molecule has 3 heterocycles. The zero-order valence-electron chi connectivity index (χ0n) is 24.5. The van der Waals surface area contributed by atoms with Crippen LogP contribution in [0, 0.1) is 0 Å². The van der Waals surface area contributed by atoms with E-state index in [2.05, 4.69) is 5.32 Å². The number of carbonyl (C=O) groups is 2. The van der Waals surface area contributed by atoms with Crippen molar-refractivity contribution in [1.29, 1.82) is 0 Å². The number of ether oxygens (including phenoxy) is 4. The molecule has 0 radical (unpaired) electrons. The van der Waals surface area contributed by atoms with E-state index in [1.54, 1.807) is 24.0 Å². The van der Waals surface area contributed by atoms with Crippen LogP contribution in [0.4, 0.5) is 9.59 Å². The van der Waals surface area contributed by atoms with E-state index in [1.807, 2.05) is 41.5 Å². The van der Waals surface area contributed by atoms with Crippen molar-refractivity contribution in [1.82, 2.24) is 15.1 Å². The first-order valence-corrected chi connectivity index (χ1v) is 13.6. The Kier molecular flexibility index (Phi) is 14.8. The normalized spacial score (nSPS) is 20.2. The zero-order chi connectivity index (χ0) is 28.1. The number of carbonyl (C=O) groups excluding carboxylic acids is 2. The highest BCUT2D eigenvalue weighted by atomic mass is 16.6. The number of rotatable bonds is 2. The molecule has 3 aliphatic rings. The molecule has 0 spiro atoms. The van der Waals surface area contributed by atoms with Gasteiger partial charge in [-0.05, 0) is 93.2 Å². The molecule has 0 bridgehead atoms. The van der Waals surface area contributed by atoms with Gasteiger partial charge in [0, 0.05) is 40.4 Å². The number of hydrogen-bond donors (Lipinski definition) is 2. The van der Waals surface area contributed by atoms with Crippen LogP contribution in [0.2, 0.25) is 0 Å². The lowest BCUT2D eigenvalue weighted by molar-refractivity contribution is 0.00158. The lowest BCUT2D eigenvalue weighted by Crippen LogP contribution is -2.43. The largest absolute Gasteiger partial charge is 0.444 e. The SMILES string of the molecule is CC(C)(C)OC(=O)N1CCC(O)CC1.COC1CCN(C(=O)OC(C)(C)C)CC1.COC1CCNCC1. The Morgan fingerprint density at radius 3 is 1.35 bits per heavy atom. The Hall–Kier alpha value is -1.62. The smallest absolute Gasteiger partial charge is 0.410 e. The predicted octanol–water partition coefficient (Wildman–Crippen LogP) is 3.80. The van der Waals surface area contributed by atoms with Crippen molar-refractivity contribution in [2.75, 3.05) is 53.5 Å². The highest BCUT2D eigenvalue weighted by molar-refractivity contribution is 5.68. The average Bonchev–Trinajstić information content (AvgIpc) is 2.84. The van der Waals surface area contributed by atoms with Gasteiger partial charge < -0.3 is 39.2 Å². The number of aliphatic hydroxyl groups excluding tert-OH is 1. The Morgan fingerprint density at radius 1 is 0.676 bits per heavy atom. The van der Waals surface area contributed by atoms with E-state index in [0.29, 0.717) is 38.1 Å². The van der Waals surface area contributed by atoms with E-state index < -0.39 is 11.2 Å². The van der Waals surface area contributed by atoms with E-state index in [4.69, 9.17) is 18.9 Å². The van der Waals surface area contributed by atoms with Crippen LogP contribution < -0.4 is 5.32 Å². The number of hydrogen-bond acceptors (Lipinski definition) is 8. The number of aliphatic hydroxyl groups is 1. The summed E-state index contributed by atoms with van der Waals surface area (Å²) in [6, 6.07) is 0. The van der Waals surface area contributed by atoms with Gasteiger partial charge in [-0.15, -0.1) is 0 Å². The summed E-state index contributed by atoms with van der Waals surface area (Å²) in [5, 5.41) is 12.5. The van der Waals surface area contributed by atoms with Crippen molar-refractivity contribution in [3.05, 3.63) is 0 Å². The highest BCUT2D eigenvalue weighted by Gasteiger charge is 2.27.